The van der Waals surface area contributed by atoms with Crippen LogP contribution in [0.4, 0.5) is 0 Å². The Hall–Kier alpha value is -2.73. The monoisotopic (exact) mass is 248 g/mol. The molecule has 0 aliphatic carbocycles. The van der Waals surface area contributed by atoms with E-state index in [-0.39, 0.29) is 0 Å². The Morgan fingerprint density at radius 3 is 2.58 bits per heavy atom. The number of aryl methyl sites for hydroxylation is 1. The molecule has 0 bridgehead atoms. The van der Waals surface area contributed by atoms with Crippen LogP contribution in [0, 0.1) is 18.3 Å². The third-order valence-corrected chi connectivity index (χ3v) is 3.05. The number of aromatic nitrogens is 1. The molecule has 0 aliphatic rings. The maximum absolute atomic E-state index is 9.18. The number of nitrogens with zero attached hydrogens (tertiary/aromatic N) is 1. The summed E-state index contributed by atoms with van der Waals surface area (Å²) in [5.74, 6) is 1.52. The number of hydrogen-bond donors (Lipinski definition) is 1. The molecule has 0 fully saturated rings. The highest BCUT2D eigenvalue weighted by Crippen LogP contribution is 2.28. The summed E-state index contributed by atoms with van der Waals surface area (Å²) in [6.07, 6.45) is 0. The second kappa shape index (κ2) is 4.51. The largest absolute Gasteiger partial charge is 0.457 e. The summed E-state index contributed by atoms with van der Waals surface area (Å²) in [6, 6.07) is 17.5. The van der Waals surface area contributed by atoms with Crippen LogP contribution in [0.3, 0.4) is 0 Å². The molecule has 0 spiro atoms. The SMILES string of the molecule is Cc1[nH]c2ccc(Oc3ccccc3)cc2c1C#N. The Bertz CT molecular complexity index is 767. The van der Waals surface area contributed by atoms with Gasteiger partial charge in [-0.05, 0) is 37.3 Å². The minimum absolute atomic E-state index is 0.675. The predicted molar refractivity (Wildman–Crippen MR) is 74.3 cm³/mol. The summed E-state index contributed by atoms with van der Waals surface area (Å²) in [7, 11) is 0. The van der Waals surface area contributed by atoms with Gasteiger partial charge in [0.2, 0.25) is 0 Å². The van der Waals surface area contributed by atoms with Crippen molar-refractivity contribution in [3.05, 3.63) is 59.8 Å². The van der Waals surface area contributed by atoms with Crippen LogP contribution < -0.4 is 4.74 Å². The van der Waals surface area contributed by atoms with Crippen LogP contribution in [0.15, 0.2) is 48.5 Å². The minimum Gasteiger partial charge on any atom is -0.457 e. The molecular formula is C16H12N2O. The zero-order valence-electron chi connectivity index (χ0n) is 10.5. The van der Waals surface area contributed by atoms with Crippen molar-refractivity contribution >= 4 is 10.9 Å². The second-order valence-corrected chi connectivity index (χ2v) is 4.36. The highest BCUT2D eigenvalue weighted by atomic mass is 16.5. The number of H-pyrrole nitrogens is 1. The Balaban J connectivity index is 2.04. The minimum atomic E-state index is 0.675. The van der Waals surface area contributed by atoms with E-state index in [1.54, 1.807) is 0 Å². The fourth-order valence-electron chi connectivity index (χ4n) is 2.14. The smallest absolute Gasteiger partial charge is 0.128 e. The third kappa shape index (κ3) is 2.04. The van der Waals surface area contributed by atoms with Crippen molar-refractivity contribution in [2.45, 2.75) is 6.92 Å². The van der Waals surface area contributed by atoms with Gasteiger partial charge in [-0.25, -0.2) is 0 Å². The summed E-state index contributed by atoms with van der Waals surface area (Å²) in [5, 5.41) is 10.1. The maximum Gasteiger partial charge on any atom is 0.128 e. The molecule has 92 valence electrons. The zero-order valence-corrected chi connectivity index (χ0v) is 10.5. The second-order valence-electron chi connectivity index (χ2n) is 4.36. The van der Waals surface area contributed by atoms with E-state index in [0.29, 0.717) is 5.56 Å². The van der Waals surface area contributed by atoms with Crippen molar-refractivity contribution in [2.24, 2.45) is 0 Å². The number of nitriles is 1. The summed E-state index contributed by atoms with van der Waals surface area (Å²) >= 11 is 0. The molecule has 3 nitrogen and oxygen atoms in total. The van der Waals surface area contributed by atoms with E-state index in [4.69, 9.17) is 4.74 Å². The number of hydrogen-bond acceptors (Lipinski definition) is 2. The van der Waals surface area contributed by atoms with Gasteiger partial charge in [-0.3, -0.25) is 0 Å². The van der Waals surface area contributed by atoms with E-state index in [1.165, 1.54) is 0 Å². The fraction of sp³-hybridized carbons (Fsp3) is 0.0625. The van der Waals surface area contributed by atoms with Crippen molar-refractivity contribution in [3.8, 4) is 17.6 Å². The summed E-state index contributed by atoms with van der Waals surface area (Å²) in [6.45, 7) is 1.90. The molecule has 19 heavy (non-hydrogen) atoms. The molecule has 0 atom stereocenters. The molecular weight excluding hydrogens is 236 g/mol. The van der Waals surface area contributed by atoms with Crippen LogP contribution in [0.5, 0.6) is 11.5 Å². The number of aromatic amines is 1. The van der Waals surface area contributed by atoms with Crippen LogP contribution in [-0.4, -0.2) is 4.98 Å². The zero-order chi connectivity index (χ0) is 13.2. The lowest BCUT2D eigenvalue weighted by molar-refractivity contribution is 0.483. The first-order chi connectivity index (χ1) is 9.28. The van der Waals surface area contributed by atoms with Crippen LogP contribution >= 0.6 is 0 Å². The van der Waals surface area contributed by atoms with Crippen molar-refractivity contribution in [2.75, 3.05) is 0 Å². The van der Waals surface area contributed by atoms with Gasteiger partial charge in [-0.15, -0.1) is 0 Å². The van der Waals surface area contributed by atoms with Crippen molar-refractivity contribution in [1.29, 1.82) is 5.26 Å². The molecule has 0 amide bonds. The van der Waals surface area contributed by atoms with Gasteiger partial charge in [-0.1, -0.05) is 18.2 Å². The summed E-state index contributed by atoms with van der Waals surface area (Å²) in [4.78, 5) is 3.19. The van der Waals surface area contributed by atoms with Crippen LogP contribution in [-0.2, 0) is 0 Å². The van der Waals surface area contributed by atoms with Gasteiger partial charge in [-0.2, -0.15) is 5.26 Å². The van der Waals surface area contributed by atoms with Crippen LogP contribution in [0.2, 0.25) is 0 Å². The molecule has 3 heteroatoms. The third-order valence-electron chi connectivity index (χ3n) is 3.05. The van der Waals surface area contributed by atoms with E-state index in [1.807, 2.05) is 55.5 Å². The molecule has 0 saturated carbocycles. The summed E-state index contributed by atoms with van der Waals surface area (Å²) < 4.78 is 5.77. The standard InChI is InChI=1S/C16H12N2O/c1-11-15(10-17)14-9-13(7-8-16(14)18-11)19-12-5-3-2-4-6-12/h2-9,18H,1H3. The Labute approximate surface area is 111 Å². The first kappa shape index (κ1) is 11.4. The highest BCUT2D eigenvalue weighted by Gasteiger charge is 2.09. The lowest BCUT2D eigenvalue weighted by atomic mass is 10.1. The summed E-state index contributed by atoms with van der Waals surface area (Å²) in [5.41, 5.74) is 2.51. The van der Waals surface area contributed by atoms with Crippen LogP contribution in [0.25, 0.3) is 10.9 Å². The average Bonchev–Trinajstić information content (AvgIpc) is 2.74. The van der Waals surface area contributed by atoms with Gasteiger partial charge in [0.15, 0.2) is 0 Å². The molecule has 3 rings (SSSR count). The fourth-order valence-corrected chi connectivity index (χ4v) is 2.14. The first-order valence-electron chi connectivity index (χ1n) is 6.03. The lowest BCUT2D eigenvalue weighted by Gasteiger charge is -2.05. The molecule has 1 N–H and O–H groups in total. The Morgan fingerprint density at radius 2 is 1.84 bits per heavy atom. The molecule has 0 saturated heterocycles. The van der Waals surface area contributed by atoms with E-state index < -0.39 is 0 Å². The van der Waals surface area contributed by atoms with Gasteiger partial charge in [0.25, 0.3) is 0 Å². The van der Waals surface area contributed by atoms with Crippen LogP contribution in [0.1, 0.15) is 11.3 Å². The maximum atomic E-state index is 9.18. The number of fused-ring (bicyclic) bond motifs is 1. The molecule has 0 unspecified atom stereocenters. The van der Waals surface area contributed by atoms with Crippen molar-refractivity contribution < 1.29 is 4.74 Å². The van der Waals surface area contributed by atoms with E-state index in [0.717, 1.165) is 28.1 Å². The topological polar surface area (TPSA) is 48.8 Å². The quantitative estimate of drug-likeness (QED) is 0.740. The van der Waals surface area contributed by atoms with E-state index >= 15 is 0 Å². The number of benzene rings is 2. The highest BCUT2D eigenvalue weighted by molar-refractivity contribution is 5.88. The van der Waals surface area contributed by atoms with Gasteiger partial charge in [0.05, 0.1) is 5.56 Å². The van der Waals surface area contributed by atoms with Gasteiger partial charge in [0.1, 0.15) is 17.6 Å². The molecule has 1 heterocycles. The van der Waals surface area contributed by atoms with Gasteiger partial charge in [0, 0.05) is 16.6 Å². The molecule has 1 aromatic heterocycles. The van der Waals surface area contributed by atoms with E-state index in [9.17, 15) is 5.26 Å². The van der Waals surface area contributed by atoms with Gasteiger partial charge >= 0.3 is 0 Å². The Kier molecular flexibility index (Phi) is 2.70. The Morgan fingerprint density at radius 1 is 1.05 bits per heavy atom. The number of ether oxygens (including phenoxy) is 1. The lowest BCUT2D eigenvalue weighted by Crippen LogP contribution is -1.83. The number of nitrogens with one attached hydrogen (secondary N) is 1. The molecule has 2 aromatic carbocycles. The molecule has 3 aromatic rings. The van der Waals surface area contributed by atoms with E-state index in [2.05, 4.69) is 11.1 Å². The average molecular weight is 248 g/mol. The molecule has 0 radical (unpaired) electrons. The number of para-hydroxylation sites is 1. The van der Waals surface area contributed by atoms with Gasteiger partial charge < -0.3 is 9.72 Å². The van der Waals surface area contributed by atoms with Crippen molar-refractivity contribution in [3.63, 3.8) is 0 Å². The predicted octanol–water partition coefficient (Wildman–Crippen LogP) is 4.14. The molecule has 0 aliphatic heterocycles. The van der Waals surface area contributed by atoms with Crippen molar-refractivity contribution in [1.82, 2.24) is 4.98 Å². The number of rotatable bonds is 2. The normalized spacial score (nSPS) is 10.3. The first-order valence-corrected chi connectivity index (χ1v) is 6.03.